The monoisotopic (exact) mass is 739 g/mol. The van der Waals surface area contributed by atoms with Gasteiger partial charge in [0.2, 0.25) is 0 Å². The maximum atomic E-state index is 11.7. The van der Waals surface area contributed by atoms with Gasteiger partial charge in [-0.05, 0) is 123 Å². The first-order valence-electron chi connectivity index (χ1n) is 16.8. The zero-order valence-corrected chi connectivity index (χ0v) is 31.7. The molecule has 7 rings (SSSR count). The Morgan fingerprint density at radius 1 is 0.882 bits per heavy atom. The van der Waals surface area contributed by atoms with Crippen LogP contribution in [0.3, 0.4) is 0 Å². The Bertz CT molecular complexity index is 2400. The minimum atomic E-state index is -4.55. The molecule has 1 heterocycles. The van der Waals surface area contributed by atoms with Crippen molar-refractivity contribution in [2.45, 2.75) is 74.5 Å². The zero-order chi connectivity index (χ0) is 36.5. The lowest BCUT2D eigenvalue weighted by Gasteiger charge is -2.25. The van der Waals surface area contributed by atoms with Gasteiger partial charge in [-0.2, -0.15) is 4.33 Å². The van der Waals surface area contributed by atoms with Gasteiger partial charge in [0.1, 0.15) is 10.1 Å². The lowest BCUT2D eigenvalue weighted by molar-refractivity contribution is -0.777. The number of hydrogen-bond acceptors (Lipinski definition) is 8. The molecule has 0 fully saturated rings. The molecule has 4 aromatic carbocycles. The summed E-state index contributed by atoms with van der Waals surface area (Å²) in [6, 6.07) is 18.8. The van der Waals surface area contributed by atoms with Gasteiger partial charge in [0.25, 0.3) is 0 Å². The molecule has 1 aliphatic heterocycles. The first kappa shape index (κ1) is 35.7. The third-order valence-corrected chi connectivity index (χ3v) is 12.7. The summed E-state index contributed by atoms with van der Waals surface area (Å²) < 4.78 is 39.6. The second-order valence-electron chi connectivity index (χ2n) is 14.5. The van der Waals surface area contributed by atoms with Crippen LogP contribution in [0.2, 0.25) is 0 Å². The summed E-state index contributed by atoms with van der Waals surface area (Å²) in [5.41, 5.74) is 9.81. The summed E-state index contributed by atoms with van der Waals surface area (Å²) in [7, 11) is -2.50. The van der Waals surface area contributed by atoms with E-state index >= 15 is 0 Å². The van der Waals surface area contributed by atoms with Gasteiger partial charge in [0.05, 0.1) is 16.9 Å². The number of nitrogens with zero attached hydrogens (tertiary/aromatic N) is 1. The van der Waals surface area contributed by atoms with E-state index in [1.165, 1.54) is 34.4 Å². The Morgan fingerprint density at radius 3 is 2.33 bits per heavy atom. The molecule has 0 saturated heterocycles. The first-order valence-corrected chi connectivity index (χ1v) is 19.3. The van der Waals surface area contributed by atoms with Gasteiger partial charge in [0.15, 0.2) is 0 Å². The van der Waals surface area contributed by atoms with Crippen molar-refractivity contribution in [1.82, 2.24) is 0 Å². The highest BCUT2D eigenvalue weighted by Crippen LogP contribution is 2.52. The van der Waals surface area contributed by atoms with Crippen molar-refractivity contribution in [1.29, 1.82) is 0 Å². The highest BCUT2D eigenvalue weighted by molar-refractivity contribution is 7.94. The largest absolute Gasteiger partial charge is 0.744 e. The quantitative estimate of drug-likeness (QED) is 0.0799. The third-order valence-electron chi connectivity index (χ3n) is 10.9. The van der Waals surface area contributed by atoms with E-state index in [4.69, 9.17) is 11.6 Å². The van der Waals surface area contributed by atoms with Crippen molar-refractivity contribution in [2.75, 3.05) is 11.9 Å². The number of rotatable bonds is 7. The van der Waals surface area contributed by atoms with Crippen molar-refractivity contribution in [2.24, 2.45) is 0 Å². The molecule has 7 nitrogen and oxygen atoms in total. The third kappa shape index (κ3) is 6.08. The molecule has 0 N–H and O–H groups in total. The fourth-order valence-electron chi connectivity index (χ4n) is 8.44. The molecule has 0 saturated carbocycles. The Balaban J connectivity index is 1.19. The van der Waals surface area contributed by atoms with E-state index in [1.807, 2.05) is 31.3 Å². The van der Waals surface area contributed by atoms with Crippen LogP contribution in [0.4, 0.5) is 5.69 Å². The average Bonchev–Trinajstić information content (AvgIpc) is 3.41. The molecule has 4 aromatic rings. The van der Waals surface area contributed by atoms with Crippen LogP contribution in [-0.4, -0.2) is 20.0 Å². The van der Waals surface area contributed by atoms with Crippen molar-refractivity contribution >= 4 is 66.6 Å². The normalized spacial score (nSPS) is 20.1. The fraction of sp³-hybridized carbons (Fsp3) is 0.268. The Labute approximate surface area is 308 Å². The van der Waals surface area contributed by atoms with E-state index < -0.39 is 10.1 Å². The van der Waals surface area contributed by atoms with E-state index in [2.05, 4.69) is 91.4 Å². The van der Waals surface area contributed by atoms with E-state index in [0.717, 1.165) is 90.9 Å². The molecule has 2 aliphatic carbocycles. The SMILES string of the molecule is CC1=C(/C=C/C2=C(Cl)C(=C/C=C3/N(C)c4ccc5cc(S(=O)(=O)[O-])ccc5c4C3(C)C)CCC2)C(C)(C)c2c1ccc1cc(SOO[O-])ccc21. The maximum absolute atomic E-state index is 11.7. The van der Waals surface area contributed by atoms with Gasteiger partial charge in [0, 0.05) is 39.2 Å². The predicted molar refractivity (Wildman–Crippen MR) is 203 cm³/mol. The first-order chi connectivity index (χ1) is 24.1. The molecule has 264 valence electrons. The van der Waals surface area contributed by atoms with E-state index in [0.29, 0.717) is 0 Å². The molecule has 0 bridgehead atoms. The topological polar surface area (TPSA) is 102 Å². The summed E-state index contributed by atoms with van der Waals surface area (Å²) in [5.74, 6) is 0. The van der Waals surface area contributed by atoms with Gasteiger partial charge >= 0.3 is 0 Å². The fourth-order valence-corrected chi connectivity index (χ4v) is 9.66. The lowest BCUT2D eigenvalue weighted by atomic mass is 9.78. The zero-order valence-electron chi connectivity index (χ0n) is 29.3. The summed E-state index contributed by atoms with van der Waals surface area (Å²) in [5, 5.41) is 18.5. The Morgan fingerprint density at radius 2 is 1.59 bits per heavy atom. The second kappa shape index (κ2) is 13.1. The van der Waals surface area contributed by atoms with E-state index in [1.54, 1.807) is 6.07 Å². The number of halogens is 1. The van der Waals surface area contributed by atoms with Crippen molar-refractivity contribution in [3.63, 3.8) is 0 Å². The highest BCUT2D eigenvalue weighted by atomic mass is 35.5. The molecule has 3 aliphatic rings. The van der Waals surface area contributed by atoms with E-state index in [9.17, 15) is 18.2 Å². The molecule has 0 radical (unpaired) electrons. The molecule has 0 atom stereocenters. The molecular formula is C41H38ClNO6S2-2. The number of hydrogen-bond donors (Lipinski definition) is 0. The van der Waals surface area contributed by atoms with Gasteiger partial charge < -0.3 is 14.7 Å². The lowest BCUT2D eigenvalue weighted by Crippen LogP contribution is -2.22. The summed E-state index contributed by atoms with van der Waals surface area (Å²) >= 11 is 8.05. The molecule has 0 amide bonds. The molecule has 0 aromatic heterocycles. The summed E-state index contributed by atoms with van der Waals surface area (Å²) in [6.07, 6.45) is 11.5. The number of allylic oxidation sites excluding steroid dienone is 10. The van der Waals surface area contributed by atoms with Gasteiger partial charge in [-0.15, -0.1) is 0 Å². The summed E-state index contributed by atoms with van der Waals surface area (Å²) in [4.78, 5) is 2.74. The predicted octanol–water partition coefficient (Wildman–Crippen LogP) is 9.66. The average molecular weight is 740 g/mol. The minimum Gasteiger partial charge on any atom is -0.744 e. The van der Waals surface area contributed by atoms with Crippen LogP contribution < -0.4 is 10.2 Å². The second-order valence-corrected chi connectivity index (χ2v) is 17.0. The van der Waals surface area contributed by atoms with Crippen molar-refractivity contribution < 1.29 is 27.6 Å². The van der Waals surface area contributed by atoms with Crippen LogP contribution in [0.25, 0.3) is 27.1 Å². The number of benzene rings is 4. The summed E-state index contributed by atoms with van der Waals surface area (Å²) in [6.45, 7) is 11.0. The van der Waals surface area contributed by atoms with E-state index in [-0.39, 0.29) is 15.7 Å². The highest BCUT2D eigenvalue weighted by Gasteiger charge is 2.40. The standard InChI is InChI=1S/C41H40ClNO6S2/c1-24-31-16-10-27-22-29(50-49-48-44)14-17-32(27)37(31)40(2,3)34(24)19-11-25-8-7-9-26(39(25)42)13-21-36-41(4,5)38-33-18-15-30(51(45,46)47)23-28(33)12-20-35(38)43(36)6/h10-23,44H,7-9H2,1-6H3,(H,45,46,47)/p-2/b19-11+,26-13?,36-21+. The van der Waals surface area contributed by atoms with Crippen LogP contribution >= 0.6 is 23.6 Å². The van der Waals surface area contributed by atoms with Crippen LogP contribution in [0.1, 0.15) is 70.6 Å². The molecule has 0 spiro atoms. The number of likely N-dealkylation sites (N-methyl/N-ethyl adjacent to an activating group) is 1. The van der Waals surface area contributed by atoms with Crippen LogP contribution in [0.15, 0.2) is 122 Å². The Hall–Kier alpha value is -3.67. The molecule has 10 heteroatoms. The van der Waals surface area contributed by atoms with Crippen LogP contribution in [0, 0.1) is 0 Å². The van der Waals surface area contributed by atoms with Crippen LogP contribution in [-0.2, 0) is 30.3 Å². The van der Waals surface area contributed by atoms with Gasteiger partial charge in [-0.1, -0.05) is 87.9 Å². The minimum absolute atomic E-state index is 0.224. The van der Waals surface area contributed by atoms with Crippen molar-refractivity contribution in [3.05, 3.63) is 129 Å². The molecular weight excluding hydrogens is 702 g/mol. The molecule has 51 heavy (non-hydrogen) atoms. The maximum Gasteiger partial charge on any atom is 0.124 e. The number of fused-ring (bicyclic) bond motifs is 6. The molecule has 0 unspecified atom stereocenters. The van der Waals surface area contributed by atoms with Crippen LogP contribution in [0.5, 0.6) is 0 Å². The van der Waals surface area contributed by atoms with Crippen molar-refractivity contribution in [3.8, 4) is 0 Å². The smallest absolute Gasteiger partial charge is 0.124 e. The number of anilines is 1. The van der Waals surface area contributed by atoms with Gasteiger partial charge in [-0.3, -0.25) is 5.04 Å². The van der Waals surface area contributed by atoms with Gasteiger partial charge in [-0.25, -0.2) is 8.42 Å². The Kier molecular flexibility index (Phi) is 9.16.